The van der Waals surface area contributed by atoms with Gasteiger partial charge in [-0.3, -0.25) is 9.48 Å². The standard InChI is InChI=1S/C13H13F2N3O2/c14-11(15)8-18-7-10(6-16-18)17-13(20)12(19)9-4-2-1-3-5-9/h1-7,11-12,19H,8H2,(H,17,20). The number of amides is 1. The summed E-state index contributed by atoms with van der Waals surface area (Å²) in [5, 5.41) is 15.9. The molecule has 20 heavy (non-hydrogen) atoms. The Bertz CT molecular complexity index is 572. The van der Waals surface area contributed by atoms with Gasteiger partial charge in [0.05, 0.1) is 11.9 Å². The quantitative estimate of drug-likeness (QED) is 0.878. The monoisotopic (exact) mass is 281 g/mol. The van der Waals surface area contributed by atoms with Gasteiger partial charge >= 0.3 is 0 Å². The normalized spacial score (nSPS) is 12.4. The first-order valence-electron chi connectivity index (χ1n) is 5.91. The number of aliphatic hydroxyl groups is 1. The number of aromatic nitrogens is 2. The van der Waals surface area contributed by atoms with Crippen LogP contribution in [0.3, 0.4) is 0 Å². The third kappa shape index (κ3) is 3.61. The van der Waals surface area contributed by atoms with E-state index in [9.17, 15) is 18.7 Å². The van der Waals surface area contributed by atoms with Gasteiger partial charge in [0.25, 0.3) is 12.3 Å². The minimum Gasteiger partial charge on any atom is -0.378 e. The van der Waals surface area contributed by atoms with Crippen LogP contribution in [0.25, 0.3) is 0 Å². The zero-order chi connectivity index (χ0) is 14.5. The van der Waals surface area contributed by atoms with Crippen LogP contribution in [-0.2, 0) is 11.3 Å². The van der Waals surface area contributed by atoms with Crippen molar-refractivity contribution < 1.29 is 18.7 Å². The zero-order valence-corrected chi connectivity index (χ0v) is 10.4. The maximum atomic E-state index is 12.2. The van der Waals surface area contributed by atoms with Crippen LogP contribution >= 0.6 is 0 Å². The summed E-state index contributed by atoms with van der Waals surface area (Å²) in [5.41, 5.74) is 0.704. The van der Waals surface area contributed by atoms with Crippen molar-refractivity contribution >= 4 is 11.6 Å². The van der Waals surface area contributed by atoms with Crippen LogP contribution in [0.1, 0.15) is 11.7 Å². The van der Waals surface area contributed by atoms with Crippen LogP contribution in [0.5, 0.6) is 0 Å². The van der Waals surface area contributed by atoms with Gasteiger partial charge in [0, 0.05) is 6.20 Å². The van der Waals surface area contributed by atoms with Crippen LogP contribution in [0.15, 0.2) is 42.7 Å². The number of aliphatic hydroxyl groups excluding tert-OH is 1. The molecule has 1 aromatic carbocycles. The molecular weight excluding hydrogens is 268 g/mol. The minimum absolute atomic E-state index is 0.255. The Morgan fingerprint density at radius 3 is 2.70 bits per heavy atom. The number of hydrogen-bond donors (Lipinski definition) is 2. The molecule has 0 aliphatic rings. The van der Waals surface area contributed by atoms with Gasteiger partial charge < -0.3 is 10.4 Å². The number of nitrogens with one attached hydrogen (secondary N) is 1. The number of hydrogen-bond acceptors (Lipinski definition) is 3. The molecule has 5 nitrogen and oxygen atoms in total. The molecule has 0 bridgehead atoms. The summed E-state index contributed by atoms with van der Waals surface area (Å²) < 4.78 is 25.3. The fourth-order valence-electron chi connectivity index (χ4n) is 1.67. The Morgan fingerprint density at radius 1 is 1.35 bits per heavy atom. The molecule has 7 heteroatoms. The number of alkyl halides is 2. The summed E-state index contributed by atoms with van der Waals surface area (Å²) in [6.45, 7) is -0.545. The van der Waals surface area contributed by atoms with E-state index in [1.807, 2.05) is 0 Å². The summed E-state index contributed by atoms with van der Waals surface area (Å²) in [5.74, 6) is -0.646. The van der Waals surface area contributed by atoms with Gasteiger partial charge in [-0.15, -0.1) is 0 Å². The molecule has 1 amide bonds. The fourth-order valence-corrected chi connectivity index (χ4v) is 1.67. The molecule has 1 heterocycles. The zero-order valence-electron chi connectivity index (χ0n) is 10.4. The van der Waals surface area contributed by atoms with Crippen molar-refractivity contribution in [3.05, 3.63) is 48.3 Å². The average molecular weight is 281 g/mol. The molecule has 0 aliphatic carbocycles. The molecule has 2 aromatic rings. The molecule has 0 spiro atoms. The highest BCUT2D eigenvalue weighted by atomic mass is 19.3. The van der Waals surface area contributed by atoms with Gasteiger partial charge in [0.1, 0.15) is 6.54 Å². The highest BCUT2D eigenvalue weighted by Crippen LogP contribution is 2.15. The lowest BCUT2D eigenvalue weighted by atomic mass is 10.1. The van der Waals surface area contributed by atoms with E-state index in [2.05, 4.69) is 10.4 Å². The number of carbonyl (C=O) groups is 1. The maximum Gasteiger partial charge on any atom is 0.257 e. The number of anilines is 1. The highest BCUT2D eigenvalue weighted by molar-refractivity contribution is 5.94. The Hall–Kier alpha value is -2.28. The first kappa shape index (κ1) is 14.1. The fraction of sp³-hybridized carbons (Fsp3) is 0.231. The first-order chi connectivity index (χ1) is 9.56. The van der Waals surface area contributed by atoms with Crippen molar-refractivity contribution in [1.82, 2.24) is 9.78 Å². The molecule has 106 valence electrons. The number of benzene rings is 1. The second kappa shape index (κ2) is 6.25. The predicted octanol–water partition coefficient (Wildman–Crippen LogP) is 1.82. The molecule has 0 saturated carbocycles. The van der Waals surface area contributed by atoms with Crippen LogP contribution in [-0.4, -0.2) is 27.2 Å². The number of rotatable bonds is 5. The van der Waals surface area contributed by atoms with Gasteiger partial charge in [0.15, 0.2) is 6.10 Å². The number of halogens is 2. The summed E-state index contributed by atoms with van der Waals surface area (Å²) in [4.78, 5) is 11.8. The van der Waals surface area contributed by atoms with Gasteiger partial charge in [-0.2, -0.15) is 5.10 Å². The van der Waals surface area contributed by atoms with Crippen LogP contribution in [0.2, 0.25) is 0 Å². The van der Waals surface area contributed by atoms with Crippen LogP contribution < -0.4 is 5.32 Å². The van der Waals surface area contributed by atoms with Crippen molar-refractivity contribution in [2.45, 2.75) is 19.1 Å². The van der Waals surface area contributed by atoms with E-state index in [4.69, 9.17) is 0 Å². The molecule has 0 fully saturated rings. The summed E-state index contributed by atoms with van der Waals surface area (Å²) in [6, 6.07) is 8.40. The lowest BCUT2D eigenvalue weighted by molar-refractivity contribution is -0.124. The van der Waals surface area contributed by atoms with Crippen LogP contribution in [0, 0.1) is 0 Å². The third-order valence-corrected chi connectivity index (χ3v) is 2.59. The average Bonchev–Trinajstić information content (AvgIpc) is 2.85. The molecule has 0 aliphatic heterocycles. The minimum atomic E-state index is -2.52. The predicted molar refractivity (Wildman–Crippen MR) is 68.3 cm³/mol. The maximum absolute atomic E-state index is 12.2. The molecule has 1 atom stereocenters. The highest BCUT2D eigenvalue weighted by Gasteiger charge is 2.17. The van der Waals surface area contributed by atoms with Crippen molar-refractivity contribution in [3.8, 4) is 0 Å². The van der Waals surface area contributed by atoms with E-state index in [0.29, 0.717) is 5.56 Å². The molecule has 2 N–H and O–H groups in total. The van der Waals surface area contributed by atoms with E-state index in [-0.39, 0.29) is 5.69 Å². The Morgan fingerprint density at radius 2 is 2.05 bits per heavy atom. The Labute approximate surface area is 113 Å². The SMILES string of the molecule is O=C(Nc1cnn(CC(F)F)c1)C(O)c1ccccc1. The lowest BCUT2D eigenvalue weighted by Crippen LogP contribution is -2.20. The summed E-state index contributed by atoms with van der Waals surface area (Å²) in [7, 11) is 0. The number of nitrogens with zero attached hydrogens (tertiary/aromatic N) is 2. The second-order valence-electron chi connectivity index (χ2n) is 4.14. The van der Waals surface area contributed by atoms with E-state index in [1.54, 1.807) is 30.3 Å². The van der Waals surface area contributed by atoms with Crippen molar-refractivity contribution in [2.24, 2.45) is 0 Å². The molecule has 1 aromatic heterocycles. The number of carbonyl (C=O) groups excluding carboxylic acids is 1. The van der Waals surface area contributed by atoms with E-state index in [1.165, 1.54) is 12.4 Å². The van der Waals surface area contributed by atoms with Crippen molar-refractivity contribution in [1.29, 1.82) is 0 Å². The molecule has 0 saturated heterocycles. The van der Waals surface area contributed by atoms with E-state index in [0.717, 1.165) is 4.68 Å². The Balaban J connectivity index is 1.99. The second-order valence-corrected chi connectivity index (χ2v) is 4.14. The van der Waals surface area contributed by atoms with Gasteiger partial charge in [0.2, 0.25) is 0 Å². The molecule has 0 radical (unpaired) electrons. The van der Waals surface area contributed by atoms with Crippen molar-refractivity contribution in [3.63, 3.8) is 0 Å². The molecular formula is C13H13F2N3O2. The van der Waals surface area contributed by atoms with Crippen LogP contribution in [0.4, 0.5) is 14.5 Å². The first-order valence-corrected chi connectivity index (χ1v) is 5.91. The van der Waals surface area contributed by atoms with E-state index < -0.39 is 25.0 Å². The lowest BCUT2D eigenvalue weighted by Gasteiger charge is -2.10. The Kier molecular flexibility index (Phi) is 4.41. The summed E-state index contributed by atoms with van der Waals surface area (Å²) in [6.07, 6.45) is -1.32. The summed E-state index contributed by atoms with van der Waals surface area (Å²) >= 11 is 0. The van der Waals surface area contributed by atoms with Gasteiger partial charge in [-0.05, 0) is 5.56 Å². The van der Waals surface area contributed by atoms with Gasteiger partial charge in [-0.1, -0.05) is 30.3 Å². The molecule has 2 rings (SSSR count). The van der Waals surface area contributed by atoms with Gasteiger partial charge in [-0.25, -0.2) is 8.78 Å². The third-order valence-electron chi connectivity index (χ3n) is 2.59. The topological polar surface area (TPSA) is 67.2 Å². The molecule has 1 unspecified atom stereocenters. The van der Waals surface area contributed by atoms with E-state index >= 15 is 0 Å². The smallest absolute Gasteiger partial charge is 0.257 e. The van der Waals surface area contributed by atoms with Crippen molar-refractivity contribution in [2.75, 3.05) is 5.32 Å². The largest absolute Gasteiger partial charge is 0.378 e.